The van der Waals surface area contributed by atoms with Gasteiger partial charge in [-0.25, -0.2) is 4.39 Å². The number of rotatable bonds is 6. The van der Waals surface area contributed by atoms with Crippen LogP contribution in [0.2, 0.25) is 5.02 Å². The molecule has 0 bridgehead atoms. The topological polar surface area (TPSA) is 87.5 Å². The summed E-state index contributed by atoms with van der Waals surface area (Å²) >= 11 is 5.90. The van der Waals surface area contributed by atoms with E-state index < -0.39 is 5.82 Å². The highest BCUT2D eigenvalue weighted by molar-refractivity contribution is 6.31. The van der Waals surface area contributed by atoms with Crippen molar-refractivity contribution in [1.82, 2.24) is 4.90 Å². The summed E-state index contributed by atoms with van der Waals surface area (Å²) in [6.07, 6.45) is 3.19. The molecule has 2 amide bonds. The minimum atomic E-state index is -0.530. The van der Waals surface area contributed by atoms with Gasteiger partial charge in [0, 0.05) is 36.3 Å². The van der Waals surface area contributed by atoms with E-state index in [-0.39, 0.29) is 34.2 Å². The molecule has 0 spiro atoms. The maximum atomic E-state index is 13.6. The zero-order chi connectivity index (χ0) is 27.4. The number of likely N-dealkylation sites (tertiary alicyclic amines) is 1. The van der Waals surface area contributed by atoms with Crippen LogP contribution in [0.1, 0.15) is 37.8 Å². The average molecular weight is 535 g/mol. The Kier molecular flexibility index (Phi) is 8.19. The third-order valence-corrected chi connectivity index (χ3v) is 7.09. The molecule has 1 aliphatic heterocycles. The van der Waals surface area contributed by atoms with Gasteiger partial charge in [-0.2, -0.15) is 0 Å². The highest BCUT2D eigenvalue weighted by Crippen LogP contribution is 2.37. The molecule has 38 heavy (non-hydrogen) atoms. The van der Waals surface area contributed by atoms with Crippen molar-refractivity contribution in [2.75, 3.05) is 29.5 Å². The van der Waals surface area contributed by atoms with Crippen LogP contribution >= 0.6 is 11.6 Å². The van der Waals surface area contributed by atoms with Crippen molar-refractivity contribution >= 4 is 46.6 Å². The first-order chi connectivity index (χ1) is 18.0. The number of nitrogen functional groups attached to an aromatic ring is 1. The first-order valence-electron chi connectivity index (χ1n) is 12.5. The lowest BCUT2D eigenvalue weighted by molar-refractivity contribution is -0.120. The summed E-state index contributed by atoms with van der Waals surface area (Å²) < 4.78 is 13.6. The van der Waals surface area contributed by atoms with Crippen LogP contribution in [0.3, 0.4) is 0 Å². The fraction of sp³-hybridized carbons (Fsp3) is 0.267. The van der Waals surface area contributed by atoms with Gasteiger partial charge in [-0.3, -0.25) is 14.5 Å². The number of hydrogen-bond donors (Lipinski definition) is 3. The molecule has 1 saturated heterocycles. The zero-order valence-electron chi connectivity index (χ0n) is 21.7. The monoisotopic (exact) mass is 534 g/mol. The van der Waals surface area contributed by atoms with E-state index >= 15 is 0 Å². The largest absolute Gasteiger partial charge is 0.397 e. The quantitative estimate of drug-likeness (QED) is 0.261. The predicted molar refractivity (Wildman–Crippen MR) is 153 cm³/mol. The van der Waals surface area contributed by atoms with Crippen LogP contribution in [0, 0.1) is 11.7 Å². The molecule has 0 saturated carbocycles. The van der Waals surface area contributed by atoms with E-state index in [9.17, 15) is 14.0 Å². The number of halogens is 2. The van der Waals surface area contributed by atoms with Crippen LogP contribution in [0.4, 0.5) is 21.5 Å². The lowest BCUT2D eigenvalue weighted by atomic mass is 9.88. The van der Waals surface area contributed by atoms with Crippen LogP contribution in [-0.4, -0.2) is 35.3 Å². The van der Waals surface area contributed by atoms with Gasteiger partial charge < -0.3 is 16.4 Å². The van der Waals surface area contributed by atoms with E-state index in [0.29, 0.717) is 23.6 Å². The maximum absolute atomic E-state index is 13.6. The van der Waals surface area contributed by atoms with Gasteiger partial charge in [-0.1, -0.05) is 48.0 Å². The van der Waals surface area contributed by atoms with Crippen LogP contribution in [0.5, 0.6) is 0 Å². The molecule has 1 fully saturated rings. The summed E-state index contributed by atoms with van der Waals surface area (Å²) in [5, 5.41) is 5.65. The smallest absolute Gasteiger partial charge is 0.248 e. The summed E-state index contributed by atoms with van der Waals surface area (Å²) in [5.74, 6) is -1.28. The molecular formula is C30H32ClFN4O2. The second kappa shape index (κ2) is 11.4. The molecule has 2 unspecified atom stereocenters. The molecule has 6 nitrogen and oxygen atoms in total. The molecule has 3 aromatic rings. The molecule has 198 valence electrons. The lowest BCUT2D eigenvalue weighted by Crippen LogP contribution is -2.40. The van der Waals surface area contributed by atoms with Gasteiger partial charge in [-0.15, -0.1) is 0 Å². The SMILES string of the molecule is CC(C)(C)N1CC(C(=O)Nc2ccc(F)c(Cl)c2)C(c2ccc(C=CC(=O)Nc3ccccc3N)cc2)C1. The van der Waals surface area contributed by atoms with Gasteiger partial charge >= 0.3 is 0 Å². The van der Waals surface area contributed by atoms with Crippen LogP contribution < -0.4 is 16.4 Å². The molecule has 8 heteroatoms. The van der Waals surface area contributed by atoms with Crippen molar-refractivity contribution < 1.29 is 14.0 Å². The molecule has 4 rings (SSSR count). The van der Waals surface area contributed by atoms with E-state index in [4.69, 9.17) is 17.3 Å². The Morgan fingerprint density at radius 2 is 1.74 bits per heavy atom. The summed E-state index contributed by atoms with van der Waals surface area (Å²) in [6.45, 7) is 7.71. The summed E-state index contributed by atoms with van der Waals surface area (Å²) in [7, 11) is 0. The summed E-state index contributed by atoms with van der Waals surface area (Å²) in [6, 6.07) is 19.1. The van der Waals surface area contributed by atoms with E-state index in [2.05, 4.69) is 36.3 Å². The molecule has 2 atom stereocenters. The maximum Gasteiger partial charge on any atom is 0.248 e. The highest BCUT2D eigenvalue weighted by atomic mass is 35.5. The van der Waals surface area contributed by atoms with Crippen molar-refractivity contribution in [2.45, 2.75) is 32.2 Å². The number of carbonyl (C=O) groups excluding carboxylic acids is 2. The van der Waals surface area contributed by atoms with Gasteiger partial charge in [0.1, 0.15) is 5.82 Å². The molecule has 1 heterocycles. The Labute approximate surface area is 227 Å². The second-order valence-electron chi connectivity index (χ2n) is 10.5. The number of carbonyl (C=O) groups is 2. The Morgan fingerprint density at radius 3 is 2.39 bits per heavy atom. The minimum Gasteiger partial charge on any atom is -0.397 e. The molecule has 3 aromatic carbocycles. The lowest BCUT2D eigenvalue weighted by Gasteiger charge is -2.31. The number of amides is 2. The molecule has 0 radical (unpaired) electrons. The van der Waals surface area contributed by atoms with Crippen molar-refractivity contribution in [2.24, 2.45) is 5.92 Å². The Balaban J connectivity index is 1.48. The number of nitrogens with one attached hydrogen (secondary N) is 2. The standard InChI is InChI=1S/C30H32ClFN4O2/c1-30(2,3)36-17-22(23(18-36)29(38)34-21-13-14-25(32)24(31)16-21)20-11-8-19(9-12-20)10-15-28(37)35-27-7-5-4-6-26(27)33/h4-16,22-23H,17-18,33H2,1-3H3,(H,34,38)(H,35,37). The van der Waals surface area contributed by atoms with Gasteiger partial charge in [0.15, 0.2) is 0 Å². The third-order valence-electron chi connectivity index (χ3n) is 6.80. The van der Waals surface area contributed by atoms with E-state index in [1.807, 2.05) is 24.3 Å². The highest BCUT2D eigenvalue weighted by Gasteiger charge is 2.42. The van der Waals surface area contributed by atoms with Crippen LogP contribution in [0.15, 0.2) is 72.8 Å². The summed E-state index contributed by atoms with van der Waals surface area (Å²) in [4.78, 5) is 28.0. The van der Waals surface area contributed by atoms with Gasteiger partial charge in [0.05, 0.1) is 22.3 Å². The van der Waals surface area contributed by atoms with Gasteiger partial charge in [0.25, 0.3) is 0 Å². The first-order valence-corrected chi connectivity index (χ1v) is 12.8. The molecule has 0 aromatic heterocycles. The number of nitrogens with zero attached hydrogens (tertiary/aromatic N) is 1. The van der Waals surface area contributed by atoms with Crippen molar-refractivity contribution in [3.8, 4) is 0 Å². The van der Waals surface area contributed by atoms with Gasteiger partial charge in [-0.05, 0) is 68.3 Å². The van der Waals surface area contributed by atoms with E-state index in [1.54, 1.807) is 30.3 Å². The molecule has 4 N–H and O–H groups in total. The fourth-order valence-electron chi connectivity index (χ4n) is 4.58. The summed E-state index contributed by atoms with van der Waals surface area (Å²) in [5.41, 5.74) is 9.20. The van der Waals surface area contributed by atoms with Crippen LogP contribution in [0.25, 0.3) is 6.08 Å². The average Bonchev–Trinajstić information content (AvgIpc) is 3.33. The number of nitrogens with two attached hydrogens (primary N) is 1. The van der Waals surface area contributed by atoms with Crippen molar-refractivity contribution in [3.63, 3.8) is 0 Å². The third kappa shape index (κ3) is 6.60. The molecule has 1 aliphatic rings. The van der Waals surface area contributed by atoms with Crippen LogP contribution in [-0.2, 0) is 9.59 Å². The van der Waals surface area contributed by atoms with E-state index in [0.717, 1.165) is 17.7 Å². The number of anilines is 3. The first kappa shape index (κ1) is 27.4. The Hall–Kier alpha value is -3.68. The molecular weight excluding hydrogens is 503 g/mol. The Morgan fingerprint density at radius 1 is 1.03 bits per heavy atom. The normalized spacial score (nSPS) is 18.0. The van der Waals surface area contributed by atoms with Crippen molar-refractivity contribution in [3.05, 3.63) is 94.8 Å². The van der Waals surface area contributed by atoms with Gasteiger partial charge in [0.2, 0.25) is 11.8 Å². The zero-order valence-corrected chi connectivity index (χ0v) is 22.4. The fourth-order valence-corrected chi connectivity index (χ4v) is 4.76. The van der Waals surface area contributed by atoms with Crippen molar-refractivity contribution in [1.29, 1.82) is 0 Å². The van der Waals surface area contributed by atoms with E-state index in [1.165, 1.54) is 24.3 Å². The number of benzene rings is 3. The minimum absolute atomic E-state index is 0.0347. The Bertz CT molecular complexity index is 1350. The number of para-hydroxylation sites is 2. The second-order valence-corrected chi connectivity index (χ2v) is 10.9. The molecule has 0 aliphatic carbocycles. The number of hydrogen-bond acceptors (Lipinski definition) is 4. The predicted octanol–water partition coefficient (Wildman–Crippen LogP) is 6.17.